The van der Waals surface area contributed by atoms with Crippen molar-refractivity contribution in [3.63, 3.8) is 0 Å². The molecule has 0 saturated heterocycles. The molecule has 1 atom stereocenters. The SMILES string of the molecule is CCCN(C(C)C)C(CN)CC(=O)N(CC)CC. The van der Waals surface area contributed by atoms with Crippen molar-refractivity contribution in [1.29, 1.82) is 0 Å². The van der Waals surface area contributed by atoms with E-state index in [0.29, 0.717) is 19.0 Å². The average molecular weight is 257 g/mol. The van der Waals surface area contributed by atoms with Crippen LogP contribution >= 0.6 is 0 Å². The number of carbonyl (C=O) groups excluding carboxylic acids is 1. The molecule has 0 aromatic carbocycles. The zero-order valence-corrected chi connectivity index (χ0v) is 12.8. The lowest BCUT2D eigenvalue weighted by Gasteiger charge is -2.34. The Labute approximate surface area is 113 Å². The van der Waals surface area contributed by atoms with E-state index in [1.165, 1.54) is 0 Å². The summed E-state index contributed by atoms with van der Waals surface area (Å²) in [6.07, 6.45) is 1.63. The van der Waals surface area contributed by atoms with E-state index in [1.807, 2.05) is 18.7 Å². The highest BCUT2D eigenvalue weighted by Gasteiger charge is 2.23. The Kier molecular flexibility index (Phi) is 9.02. The standard InChI is InChI=1S/C14H31N3O/c1-6-9-17(12(4)5)13(11-15)10-14(18)16(7-2)8-3/h12-13H,6-11,15H2,1-5H3. The Morgan fingerprint density at radius 2 is 1.72 bits per heavy atom. The highest BCUT2D eigenvalue weighted by Crippen LogP contribution is 2.11. The van der Waals surface area contributed by atoms with Gasteiger partial charge in [0.15, 0.2) is 0 Å². The highest BCUT2D eigenvalue weighted by molar-refractivity contribution is 5.76. The molecule has 0 bridgehead atoms. The molecule has 4 nitrogen and oxygen atoms in total. The summed E-state index contributed by atoms with van der Waals surface area (Å²) in [6, 6.07) is 0.598. The molecule has 0 aliphatic heterocycles. The first-order valence-electron chi connectivity index (χ1n) is 7.25. The molecule has 1 unspecified atom stereocenters. The smallest absolute Gasteiger partial charge is 0.224 e. The van der Waals surface area contributed by atoms with Gasteiger partial charge in [-0.15, -0.1) is 0 Å². The van der Waals surface area contributed by atoms with E-state index >= 15 is 0 Å². The Morgan fingerprint density at radius 1 is 1.17 bits per heavy atom. The van der Waals surface area contributed by atoms with Crippen LogP contribution < -0.4 is 5.73 Å². The van der Waals surface area contributed by atoms with Gasteiger partial charge in [0.2, 0.25) is 5.91 Å². The van der Waals surface area contributed by atoms with E-state index in [0.717, 1.165) is 26.1 Å². The van der Waals surface area contributed by atoms with Gasteiger partial charge in [-0.3, -0.25) is 9.69 Å². The normalized spacial score (nSPS) is 13.1. The Bertz CT molecular complexity index is 227. The van der Waals surface area contributed by atoms with E-state index in [1.54, 1.807) is 0 Å². The molecular formula is C14H31N3O. The lowest BCUT2D eigenvalue weighted by atomic mass is 10.1. The molecule has 1 amide bonds. The van der Waals surface area contributed by atoms with Gasteiger partial charge in [-0.05, 0) is 40.7 Å². The molecule has 0 rings (SSSR count). The van der Waals surface area contributed by atoms with Gasteiger partial charge in [0, 0.05) is 38.1 Å². The van der Waals surface area contributed by atoms with Crippen molar-refractivity contribution in [3.05, 3.63) is 0 Å². The molecule has 0 radical (unpaired) electrons. The fourth-order valence-electron chi connectivity index (χ4n) is 2.36. The van der Waals surface area contributed by atoms with Crippen LogP contribution in [-0.2, 0) is 4.79 Å². The van der Waals surface area contributed by atoms with E-state index < -0.39 is 0 Å². The molecule has 0 aromatic rings. The number of nitrogens with two attached hydrogens (primary N) is 1. The summed E-state index contributed by atoms with van der Waals surface area (Å²) < 4.78 is 0. The lowest BCUT2D eigenvalue weighted by Crippen LogP contribution is -2.48. The highest BCUT2D eigenvalue weighted by atomic mass is 16.2. The number of carbonyl (C=O) groups is 1. The van der Waals surface area contributed by atoms with Crippen LogP contribution in [0.15, 0.2) is 0 Å². The van der Waals surface area contributed by atoms with Crippen LogP contribution in [0.25, 0.3) is 0 Å². The minimum absolute atomic E-state index is 0.165. The quantitative estimate of drug-likeness (QED) is 0.684. The van der Waals surface area contributed by atoms with Gasteiger partial charge >= 0.3 is 0 Å². The van der Waals surface area contributed by atoms with Crippen LogP contribution in [0, 0.1) is 0 Å². The van der Waals surface area contributed by atoms with Crippen molar-refractivity contribution in [3.8, 4) is 0 Å². The minimum atomic E-state index is 0.165. The first kappa shape index (κ1) is 17.4. The molecule has 0 saturated carbocycles. The topological polar surface area (TPSA) is 49.6 Å². The Morgan fingerprint density at radius 3 is 2.06 bits per heavy atom. The van der Waals surface area contributed by atoms with Crippen molar-refractivity contribution < 1.29 is 4.79 Å². The molecule has 0 aliphatic rings. The summed E-state index contributed by atoms with van der Waals surface area (Å²) in [4.78, 5) is 16.4. The second-order valence-corrected chi connectivity index (χ2v) is 4.99. The fourth-order valence-corrected chi connectivity index (χ4v) is 2.36. The van der Waals surface area contributed by atoms with Crippen LogP contribution in [0.4, 0.5) is 0 Å². The molecule has 2 N–H and O–H groups in total. The maximum atomic E-state index is 12.1. The molecule has 0 heterocycles. The van der Waals surface area contributed by atoms with E-state index in [-0.39, 0.29) is 11.9 Å². The summed E-state index contributed by atoms with van der Waals surface area (Å²) in [5.74, 6) is 0.220. The Hall–Kier alpha value is -0.610. The van der Waals surface area contributed by atoms with Gasteiger partial charge in [-0.25, -0.2) is 0 Å². The van der Waals surface area contributed by atoms with Gasteiger partial charge in [-0.1, -0.05) is 6.92 Å². The van der Waals surface area contributed by atoms with Gasteiger partial charge in [0.1, 0.15) is 0 Å². The van der Waals surface area contributed by atoms with E-state index in [4.69, 9.17) is 5.73 Å². The largest absolute Gasteiger partial charge is 0.343 e. The summed E-state index contributed by atoms with van der Waals surface area (Å²) in [5.41, 5.74) is 5.86. The third-order valence-electron chi connectivity index (χ3n) is 3.41. The molecular weight excluding hydrogens is 226 g/mol. The van der Waals surface area contributed by atoms with Crippen LogP contribution in [-0.4, -0.2) is 54.0 Å². The van der Waals surface area contributed by atoms with Crippen LogP contribution in [0.5, 0.6) is 0 Å². The maximum absolute atomic E-state index is 12.1. The maximum Gasteiger partial charge on any atom is 0.224 e. The summed E-state index contributed by atoms with van der Waals surface area (Å²) in [7, 11) is 0. The lowest BCUT2D eigenvalue weighted by molar-refractivity contribution is -0.132. The van der Waals surface area contributed by atoms with Gasteiger partial charge < -0.3 is 10.6 Å². The summed E-state index contributed by atoms with van der Waals surface area (Å²) >= 11 is 0. The number of hydrogen-bond acceptors (Lipinski definition) is 3. The average Bonchev–Trinajstić information content (AvgIpc) is 2.34. The Balaban J connectivity index is 4.60. The van der Waals surface area contributed by atoms with Crippen molar-refractivity contribution >= 4 is 5.91 Å². The van der Waals surface area contributed by atoms with Crippen LogP contribution in [0.3, 0.4) is 0 Å². The van der Waals surface area contributed by atoms with Crippen molar-refractivity contribution in [2.75, 3.05) is 26.2 Å². The first-order chi connectivity index (χ1) is 8.51. The monoisotopic (exact) mass is 257 g/mol. The molecule has 0 fully saturated rings. The third kappa shape index (κ3) is 5.36. The third-order valence-corrected chi connectivity index (χ3v) is 3.41. The number of rotatable bonds is 9. The number of amides is 1. The predicted molar refractivity (Wildman–Crippen MR) is 77.5 cm³/mol. The molecule has 4 heteroatoms. The molecule has 0 spiro atoms. The second-order valence-electron chi connectivity index (χ2n) is 4.99. The zero-order valence-electron chi connectivity index (χ0n) is 12.8. The molecule has 18 heavy (non-hydrogen) atoms. The van der Waals surface area contributed by atoms with Crippen molar-refractivity contribution in [1.82, 2.24) is 9.80 Å². The van der Waals surface area contributed by atoms with Crippen molar-refractivity contribution in [2.45, 2.75) is 59.5 Å². The zero-order chi connectivity index (χ0) is 14.1. The molecule has 108 valence electrons. The van der Waals surface area contributed by atoms with Gasteiger partial charge in [0.25, 0.3) is 0 Å². The van der Waals surface area contributed by atoms with Gasteiger partial charge in [0.05, 0.1) is 0 Å². The summed E-state index contributed by atoms with van der Waals surface area (Å²) in [5, 5.41) is 0. The van der Waals surface area contributed by atoms with Crippen LogP contribution in [0.2, 0.25) is 0 Å². The fraction of sp³-hybridized carbons (Fsp3) is 0.929. The van der Waals surface area contributed by atoms with Crippen molar-refractivity contribution in [2.24, 2.45) is 5.73 Å². The minimum Gasteiger partial charge on any atom is -0.343 e. The predicted octanol–water partition coefficient (Wildman–Crippen LogP) is 1.69. The molecule has 0 aliphatic carbocycles. The van der Waals surface area contributed by atoms with Crippen LogP contribution in [0.1, 0.15) is 47.5 Å². The number of hydrogen-bond donors (Lipinski definition) is 1. The number of nitrogens with zero attached hydrogens (tertiary/aromatic N) is 2. The van der Waals surface area contributed by atoms with E-state index in [9.17, 15) is 4.79 Å². The first-order valence-corrected chi connectivity index (χ1v) is 7.25. The second kappa shape index (κ2) is 9.34. The van der Waals surface area contributed by atoms with E-state index in [2.05, 4.69) is 25.7 Å². The summed E-state index contributed by atoms with van der Waals surface area (Å²) in [6.45, 7) is 13.6. The molecule has 0 aromatic heterocycles. The van der Waals surface area contributed by atoms with Gasteiger partial charge in [-0.2, -0.15) is 0 Å².